The van der Waals surface area contributed by atoms with E-state index in [9.17, 15) is 9.18 Å². The molecule has 0 fully saturated rings. The molecule has 0 aliphatic carbocycles. The minimum atomic E-state index is -0.988. The number of halogens is 2. The van der Waals surface area contributed by atoms with Gasteiger partial charge in [0.15, 0.2) is 0 Å². The molecular weight excluding hydrogens is 300 g/mol. The highest BCUT2D eigenvalue weighted by atomic mass is 127. The molecule has 0 spiro atoms. The molecule has 1 unspecified atom stereocenters. The van der Waals surface area contributed by atoms with E-state index in [4.69, 9.17) is 10.8 Å². The average molecular weight is 309 g/mol. The highest BCUT2D eigenvalue weighted by Crippen LogP contribution is 2.22. The number of aliphatic carboxylic acids is 1. The van der Waals surface area contributed by atoms with Gasteiger partial charge in [-0.3, -0.25) is 4.79 Å². The van der Waals surface area contributed by atoms with Crippen LogP contribution in [0.3, 0.4) is 0 Å². The molecule has 0 aromatic heterocycles. The lowest BCUT2D eigenvalue weighted by Crippen LogP contribution is -2.16. The summed E-state index contributed by atoms with van der Waals surface area (Å²) in [5, 5.41) is 8.53. The summed E-state index contributed by atoms with van der Waals surface area (Å²) in [5.74, 6) is -1.36. The normalized spacial score (nSPS) is 12.5. The summed E-state index contributed by atoms with van der Waals surface area (Å²) in [5.41, 5.74) is 6.15. The van der Waals surface area contributed by atoms with E-state index in [2.05, 4.69) is 0 Å². The summed E-state index contributed by atoms with van der Waals surface area (Å²) in [6, 6.07) is 3.82. The zero-order chi connectivity index (χ0) is 10.7. The Balaban J connectivity index is 2.95. The molecular formula is C9H9FINO2. The minimum Gasteiger partial charge on any atom is -0.481 e. The summed E-state index contributed by atoms with van der Waals surface area (Å²) >= 11 is 1.82. The summed E-state index contributed by atoms with van der Waals surface area (Å²) in [6.07, 6.45) is -0.195. The maximum Gasteiger partial charge on any atom is 0.305 e. The smallest absolute Gasteiger partial charge is 0.305 e. The molecule has 0 amide bonds. The third-order valence-electron chi connectivity index (χ3n) is 1.78. The lowest BCUT2D eigenvalue weighted by Gasteiger charge is -2.11. The van der Waals surface area contributed by atoms with Gasteiger partial charge in [-0.15, -0.1) is 0 Å². The van der Waals surface area contributed by atoms with Gasteiger partial charge in [0.2, 0.25) is 0 Å². The number of hydrogen-bond acceptors (Lipinski definition) is 2. The van der Waals surface area contributed by atoms with Gasteiger partial charge >= 0.3 is 5.97 Å². The minimum absolute atomic E-state index is 0.195. The number of nitrogens with two attached hydrogens (primary N) is 1. The fraction of sp³-hybridized carbons (Fsp3) is 0.222. The van der Waals surface area contributed by atoms with E-state index in [-0.39, 0.29) is 12.2 Å². The third kappa shape index (κ3) is 2.65. The van der Waals surface area contributed by atoms with Crippen molar-refractivity contribution in [3.63, 3.8) is 0 Å². The average Bonchev–Trinajstić information content (AvgIpc) is 2.08. The van der Waals surface area contributed by atoms with Crippen molar-refractivity contribution < 1.29 is 14.3 Å². The Morgan fingerprint density at radius 2 is 2.29 bits per heavy atom. The second-order valence-corrected chi connectivity index (χ2v) is 3.93. The van der Waals surface area contributed by atoms with Crippen LogP contribution in [0.15, 0.2) is 18.2 Å². The van der Waals surface area contributed by atoms with Crippen LogP contribution in [0.1, 0.15) is 18.0 Å². The van der Waals surface area contributed by atoms with E-state index in [1.807, 2.05) is 22.6 Å². The SMILES string of the molecule is NC(CC(=O)O)c1cccc(F)c1I. The van der Waals surface area contributed by atoms with Gasteiger partial charge in [-0.2, -0.15) is 0 Å². The molecule has 5 heteroatoms. The molecule has 0 bridgehead atoms. The van der Waals surface area contributed by atoms with Gasteiger partial charge in [0.1, 0.15) is 5.82 Å². The van der Waals surface area contributed by atoms with Crippen molar-refractivity contribution in [2.75, 3.05) is 0 Å². The molecule has 3 nitrogen and oxygen atoms in total. The van der Waals surface area contributed by atoms with Crippen LogP contribution >= 0.6 is 22.6 Å². The van der Waals surface area contributed by atoms with E-state index < -0.39 is 12.0 Å². The fourth-order valence-corrected chi connectivity index (χ4v) is 1.86. The second-order valence-electron chi connectivity index (χ2n) is 2.85. The number of benzene rings is 1. The lowest BCUT2D eigenvalue weighted by molar-refractivity contribution is -0.137. The van der Waals surface area contributed by atoms with Gasteiger partial charge in [0.05, 0.1) is 9.99 Å². The van der Waals surface area contributed by atoms with E-state index in [1.54, 1.807) is 6.07 Å². The molecule has 0 aliphatic heterocycles. The van der Waals surface area contributed by atoms with E-state index >= 15 is 0 Å². The monoisotopic (exact) mass is 309 g/mol. The van der Waals surface area contributed by atoms with Crippen LogP contribution in [0.25, 0.3) is 0 Å². The molecule has 1 aromatic carbocycles. The molecule has 3 N–H and O–H groups in total. The first-order valence-corrected chi connectivity index (χ1v) is 5.01. The predicted octanol–water partition coefficient (Wildman–Crippen LogP) is 1.90. The molecule has 0 radical (unpaired) electrons. The summed E-state index contributed by atoms with van der Waals surface area (Å²) in [4.78, 5) is 10.4. The van der Waals surface area contributed by atoms with Crippen LogP contribution in [0.4, 0.5) is 4.39 Å². The van der Waals surface area contributed by atoms with Crippen molar-refractivity contribution in [1.29, 1.82) is 0 Å². The van der Waals surface area contributed by atoms with Crippen LogP contribution in [0, 0.1) is 9.39 Å². The summed E-state index contributed by atoms with van der Waals surface area (Å²) in [6.45, 7) is 0. The Labute approximate surface area is 94.2 Å². The van der Waals surface area contributed by atoms with Gasteiger partial charge < -0.3 is 10.8 Å². The first-order chi connectivity index (χ1) is 6.52. The lowest BCUT2D eigenvalue weighted by atomic mass is 10.1. The highest BCUT2D eigenvalue weighted by Gasteiger charge is 2.15. The van der Waals surface area contributed by atoms with Crippen molar-refractivity contribution >= 4 is 28.6 Å². The molecule has 0 heterocycles. The molecule has 0 aliphatic rings. The Hall–Kier alpha value is -0.690. The van der Waals surface area contributed by atoms with Gasteiger partial charge in [-0.1, -0.05) is 12.1 Å². The van der Waals surface area contributed by atoms with Gasteiger partial charge in [-0.25, -0.2) is 4.39 Å². The van der Waals surface area contributed by atoms with Gasteiger partial charge in [0.25, 0.3) is 0 Å². The largest absolute Gasteiger partial charge is 0.481 e. The maximum atomic E-state index is 13.1. The van der Waals surface area contributed by atoms with E-state index in [0.717, 1.165) is 0 Å². The number of rotatable bonds is 3. The van der Waals surface area contributed by atoms with Crippen molar-refractivity contribution in [3.8, 4) is 0 Å². The quantitative estimate of drug-likeness (QED) is 0.838. The molecule has 0 saturated heterocycles. The number of carboxylic acid groups (broad SMARTS) is 1. The molecule has 1 atom stereocenters. The number of hydrogen-bond donors (Lipinski definition) is 2. The van der Waals surface area contributed by atoms with Crippen molar-refractivity contribution in [2.45, 2.75) is 12.5 Å². The Kier molecular flexibility index (Phi) is 3.82. The van der Waals surface area contributed by atoms with E-state index in [1.165, 1.54) is 12.1 Å². The standard InChI is InChI=1S/C9H9FINO2/c10-6-3-1-2-5(9(6)11)7(12)4-8(13)14/h1-3,7H,4,12H2,(H,13,14). The fourth-order valence-electron chi connectivity index (χ4n) is 1.10. The molecule has 76 valence electrons. The van der Waals surface area contributed by atoms with Crippen LogP contribution < -0.4 is 5.73 Å². The van der Waals surface area contributed by atoms with Crippen LogP contribution in [0.5, 0.6) is 0 Å². The molecule has 1 aromatic rings. The highest BCUT2D eigenvalue weighted by molar-refractivity contribution is 14.1. The van der Waals surface area contributed by atoms with Crippen molar-refractivity contribution in [1.82, 2.24) is 0 Å². The number of carboxylic acids is 1. The summed E-state index contributed by atoms with van der Waals surface area (Å²) in [7, 11) is 0. The molecule has 1 rings (SSSR count). The first kappa shape index (κ1) is 11.4. The maximum absolute atomic E-state index is 13.1. The predicted molar refractivity (Wildman–Crippen MR) is 58.3 cm³/mol. The Morgan fingerprint density at radius 3 is 2.86 bits per heavy atom. The zero-order valence-corrected chi connectivity index (χ0v) is 9.36. The van der Waals surface area contributed by atoms with Crippen LogP contribution in [0.2, 0.25) is 0 Å². The van der Waals surface area contributed by atoms with Crippen molar-refractivity contribution in [3.05, 3.63) is 33.1 Å². The number of carbonyl (C=O) groups is 1. The topological polar surface area (TPSA) is 63.3 Å². The summed E-state index contributed by atoms with van der Waals surface area (Å²) < 4.78 is 13.5. The Morgan fingerprint density at radius 1 is 1.64 bits per heavy atom. The Bertz CT molecular complexity index is 357. The van der Waals surface area contributed by atoms with Crippen LogP contribution in [-0.4, -0.2) is 11.1 Å². The van der Waals surface area contributed by atoms with E-state index in [0.29, 0.717) is 9.13 Å². The second kappa shape index (κ2) is 4.70. The van der Waals surface area contributed by atoms with Crippen molar-refractivity contribution in [2.24, 2.45) is 5.73 Å². The molecule has 0 saturated carbocycles. The van der Waals surface area contributed by atoms with Gasteiger partial charge in [-0.05, 0) is 34.2 Å². The third-order valence-corrected chi connectivity index (χ3v) is 2.91. The first-order valence-electron chi connectivity index (χ1n) is 3.93. The zero-order valence-electron chi connectivity index (χ0n) is 7.21. The molecule has 14 heavy (non-hydrogen) atoms. The van der Waals surface area contributed by atoms with Gasteiger partial charge in [0, 0.05) is 6.04 Å². The van der Waals surface area contributed by atoms with Crippen LogP contribution in [-0.2, 0) is 4.79 Å².